The Hall–Kier alpha value is -3.61. The van der Waals surface area contributed by atoms with Crippen molar-refractivity contribution in [1.82, 2.24) is 0 Å². The van der Waals surface area contributed by atoms with E-state index in [-0.39, 0.29) is 17.0 Å². The summed E-state index contributed by atoms with van der Waals surface area (Å²) in [5.74, 6) is -1.27. The van der Waals surface area contributed by atoms with Crippen LogP contribution in [0.25, 0.3) is 11.1 Å². The van der Waals surface area contributed by atoms with E-state index in [1.165, 1.54) is 48.0 Å². The monoisotopic (exact) mass is 470 g/mol. The summed E-state index contributed by atoms with van der Waals surface area (Å²) >= 11 is 0. The molecule has 2 N–H and O–H groups in total. The second-order valence-electron chi connectivity index (χ2n) is 8.22. The molecule has 0 atom stereocenters. The first-order valence-corrected chi connectivity index (χ1v) is 10.9. The highest BCUT2D eigenvalue weighted by Gasteiger charge is 2.33. The Kier molecular flexibility index (Phi) is 8.10. The van der Waals surface area contributed by atoms with Gasteiger partial charge in [-0.05, 0) is 66.5 Å². The van der Waals surface area contributed by atoms with Crippen molar-refractivity contribution in [1.29, 1.82) is 0 Å². The highest BCUT2D eigenvalue weighted by molar-refractivity contribution is 5.88. The number of carboxylic acid groups (broad SMARTS) is 2. The Labute approximate surface area is 195 Å². The molecular formula is C27H25F3O4. The fourth-order valence-electron chi connectivity index (χ4n) is 4.17. The van der Waals surface area contributed by atoms with Crippen LogP contribution in [0.2, 0.25) is 0 Å². The lowest BCUT2D eigenvalue weighted by molar-refractivity contribution is -0.143. The topological polar surface area (TPSA) is 74.6 Å². The molecule has 0 radical (unpaired) electrons. The Morgan fingerprint density at radius 1 is 0.735 bits per heavy atom. The SMILES string of the molecule is O=C(O)C1CCC(c2ccccc2)CC1.O=C(O)c1ccc(-c2ccccc2C(F)(F)F)cc1. The molecule has 178 valence electrons. The third kappa shape index (κ3) is 6.47. The average Bonchev–Trinajstić information content (AvgIpc) is 2.84. The molecule has 0 spiro atoms. The van der Waals surface area contributed by atoms with Crippen molar-refractivity contribution in [3.05, 3.63) is 95.6 Å². The van der Waals surface area contributed by atoms with Crippen molar-refractivity contribution in [2.24, 2.45) is 5.92 Å². The van der Waals surface area contributed by atoms with Crippen molar-refractivity contribution >= 4 is 11.9 Å². The van der Waals surface area contributed by atoms with Gasteiger partial charge in [-0.2, -0.15) is 13.2 Å². The molecule has 4 nitrogen and oxygen atoms in total. The molecule has 0 aromatic heterocycles. The molecule has 1 aliphatic rings. The summed E-state index contributed by atoms with van der Waals surface area (Å²) in [7, 11) is 0. The number of alkyl halides is 3. The van der Waals surface area contributed by atoms with E-state index in [2.05, 4.69) is 24.3 Å². The molecular weight excluding hydrogens is 445 g/mol. The van der Waals surface area contributed by atoms with Gasteiger partial charge in [0.05, 0.1) is 17.0 Å². The Morgan fingerprint density at radius 3 is 1.82 bits per heavy atom. The molecule has 0 aliphatic heterocycles. The van der Waals surface area contributed by atoms with Crippen LogP contribution in [-0.4, -0.2) is 22.2 Å². The molecule has 1 aliphatic carbocycles. The van der Waals surface area contributed by atoms with E-state index < -0.39 is 23.7 Å². The molecule has 4 rings (SSSR count). The summed E-state index contributed by atoms with van der Waals surface area (Å²) < 4.78 is 38.5. The Bertz CT molecular complexity index is 1100. The van der Waals surface area contributed by atoms with Gasteiger partial charge in [-0.25, -0.2) is 4.79 Å². The number of halogens is 3. The number of benzene rings is 3. The minimum Gasteiger partial charge on any atom is -0.481 e. The van der Waals surface area contributed by atoms with Gasteiger partial charge in [-0.15, -0.1) is 0 Å². The number of rotatable bonds is 4. The molecule has 3 aromatic rings. The van der Waals surface area contributed by atoms with Crippen molar-refractivity contribution in [3.63, 3.8) is 0 Å². The number of carboxylic acids is 2. The van der Waals surface area contributed by atoms with Gasteiger partial charge in [0.2, 0.25) is 0 Å². The number of hydrogen-bond donors (Lipinski definition) is 2. The van der Waals surface area contributed by atoms with Crippen LogP contribution in [-0.2, 0) is 11.0 Å². The summed E-state index contributed by atoms with van der Waals surface area (Å²) in [5.41, 5.74) is 1.03. The minimum absolute atomic E-state index is 0.0342. The lowest BCUT2D eigenvalue weighted by atomic mass is 9.79. The zero-order valence-corrected chi connectivity index (χ0v) is 18.3. The maximum absolute atomic E-state index is 12.8. The standard InChI is InChI=1S/C14H9F3O2.C13H16O2/c15-14(16,17)12-4-2-1-3-11(12)9-5-7-10(8-6-9)13(18)19;14-13(15)12-8-6-11(7-9-12)10-4-2-1-3-5-10/h1-8H,(H,18,19);1-5,11-12H,6-9H2,(H,14,15). The van der Waals surface area contributed by atoms with Gasteiger partial charge in [-0.3, -0.25) is 4.79 Å². The summed E-state index contributed by atoms with van der Waals surface area (Å²) in [6.07, 6.45) is -0.756. The second-order valence-corrected chi connectivity index (χ2v) is 8.22. The molecule has 0 heterocycles. The smallest absolute Gasteiger partial charge is 0.417 e. The lowest BCUT2D eigenvalue weighted by Crippen LogP contribution is -2.20. The summed E-state index contributed by atoms with van der Waals surface area (Å²) in [6.45, 7) is 0. The quantitative estimate of drug-likeness (QED) is 0.426. The van der Waals surface area contributed by atoms with E-state index >= 15 is 0 Å². The molecule has 0 bridgehead atoms. The number of hydrogen-bond acceptors (Lipinski definition) is 2. The van der Waals surface area contributed by atoms with Crippen molar-refractivity contribution in [2.75, 3.05) is 0 Å². The Morgan fingerprint density at radius 2 is 1.29 bits per heavy atom. The zero-order valence-electron chi connectivity index (χ0n) is 18.3. The van der Waals surface area contributed by atoms with Gasteiger partial charge < -0.3 is 10.2 Å². The van der Waals surface area contributed by atoms with E-state index in [9.17, 15) is 22.8 Å². The molecule has 7 heteroatoms. The fraction of sp³-hybridized carbons (Fsp3) is 0.259. The van der Waals surface area contributed by atoms with Gasteiger partial charge in [0.15, 0.2) is 0 Å². The first-order chi connectivity index (χ1) is 16.2. The van der Waals surface area contributed by atoms with Gasteiger partial charge in [0.25, 0.3) is 0 Å². The van der Waals surface area contributed by atoms with Crippen LogP contribution in [0.4, 0.5) is 13.2 Å². The zero-order chi connectivity index (χ0) is 24.7. The third-order valence-electron chi connectivity index (χ3n) is 6.02. The fourth-order valence-corrected chi connectivity index (χ4v) is 4.17. The maximum Gasteiger partial charge on any atom is 0.417 e. The Balaban J connectivity index is 0.000000196. The van der Waals surface area contributed by atoms with Crippen LogP contribution in [0.15, 0.2) is 78.9 Å². The molecule has 1 fully saturated rings. The molecule has 34 heavy (non-hydrogen) atoms. The van der Waals surface area contributed by atoms with Crippen LogP contribution in [0.5, 0.6) is 0 Å². The van der Waals surface area contributed by atoms with E-state index in [1.54, 1.807) is 0 Å². The van der Waals surface area contributed by atoms with Crippen LogP contribution >= 0.6 is 0 Å². The predicted molar refractivity (Wildman–Crippen MR) is 123 cm³/mol. The molecule has 0 amide bonds. The lowest BCUT2D eigenvalue weighted by Gasteiger charge is -2.26. The molecule has 0 saturated heterocycles. The first-order valence-electron chi connectivity index (χ1n) is 10.9. The molecule has 3 aromatic carbocycles. The largest absolute Gasteiger partial charge is 0.481 e. The average molecular weight is 470 g/mol. The number of carbonyl (C=O) groups is 2. The van der Waals surface area contributed by atoms with Crippen LogP contribution in [0.1, 0.15) is 53.1 Å². The predicted octanol–water partition coefficient (Wildman–Crippen LogP) is 7.12. The minimum atomic E-state index is -4.44. The van der Waals surface area contributed by atoms with Gasteiger partial charge >= 0.3 is 18.1 Å². The summed E-state index contributed by atoms with van der Waals surface area (Å²) in [5, 5.41) is 17.6. The van der Waals surface area contributed by atoms with Crippen molar-refractivity contribution in [2.45, 2.75) is 37.8 Å². The summed E-state index contributed by atoms with van der Waals surface area (Å²) in [6, 6.07) is 20.9. The van der Waals surface area contributed by atoms with Crippen molar-refractivity contribution < 1.29 is 33.0 Å². The van der Waals surface area contributed by atoms with E-state index in [0.29, 0.717) is 11.5 Å². The van der Waals surface area contributed by atoms with Crippen LogP contribution in [0, 0.1) is 5.92 Å². The summed E-state index contributed by atoms with van der Waals surface area (Å²) in [4.78, 5) is 21.5. The first kappa shape index (κ1) is 25.0. The van der Waals surface area contributed by atoms with E-state index in [1.807, 2.05) is 6.07 Å². The second kappa shape index (κ2) is 11.0. The molecule has 1 saturated carbocycles. The number of aromatic carboxylic acids is 1. The molecule has 0 unspecified atom stereocenters. The van der Waals surface area contributed by atoms with E-state index in [4.69, 9.17) is 10.2 Å². The maximum atomic E-state index is 12.8. The van der Waals surface area contributed by atoms with Crippen LogP contribution in [0.3, 0.4) is 0 Å². The van der Waals surface area contributed by atoms with Crippen LogP contribution < -0.4 is 0 Å². The van der Waals surface area contributed by atoms with Gasteiger partial charge in [0.1, 0.15) is 0 Å². The number of aliphatic carboxylic acids is 1. The van der Waals surface area contributed by atoms with Crippen molar-refractivity contribution in [3.8, 4) is 11.1 Å². The third-order valence-corrected chi connectivity index (χ3v) is 6.02. The van der Waals surface area contributed by atoms with E-state index in [0.717, 1.165) is 31.7 Å². The van der Waals surface area contributed by atoms with Gasteiger partial charge in [0, 0.05) is 0 Å². The van der Waals surface area contributed by atoms with Gasteiger partial charge in [-0.1, -0.05) is 60.7 Å². The highest BCUT2D eigenvalue weighted by Crippen LogP contribution is 2.37. The normalized spacial score (nSPS) is 17.9. The highest BCUT2D eigenvalue weighted by atomic mass is 19.4.